The van der Waals surface area contributed by atoms with Crippen molar-refractivity contribution in [2.45, 2.75) is 39.2 Å². The second-order valence-corrected chi connectivity index (χ2v) is 4.13. The summed E-state index contributed by atoms with van der Waals surface area (Å²) in [6, 6.07) is -1.91. The Hall–Kier alpha value is -2.69. The van der Waals surface area contributed by atoms with E-state index in [9.17, 15) is 9.59 Å². The highest BCUT2D eigenvalue weighted by atomic mass is 16.4. The molecule has 0 bridgehead atoms. The first-order valence-corrected chi connectivity index (χ1v) is 6.48. The molecule has 0 aliphatic carbocycles. The van der Waals surface area contributed by atoms with Crippen molar-refractivity contribution in [3.8, 4) is 12.3 Å². The number of nitrogens with zero attached hydrogens (tertiary/aromatic N) is 3. The maximum atomic E-state index is 11.7. The first-order valence-electron chi connectivity index (χ1n) is 6.48. The van der Waals surface area contributed by atoms with Crippen molar-refractivity contribution in [1.82, 2.24) is 20.5 Å². The van der Waals surface area contributed by atoms with E-state index in [1.54, 1.807) is 0 Å². The Labute approximate surface area is 122 Å². The van der Waals surface area contributed by atoms with Gasteiger partial charge < -0.3 is 10.4 Å². The van der Waals surface area contributed by atoms with Gasteiger partial charge >= 0.3 is 12.0 Å². The van der Waals surface area contributed by atoms with Crippen molar-refractivity contribution in [3.05, 3.63) is 11.4 Å². The Bertz CT molecular complexity index is 567. The van der Waals surface area contributed by atoms with E-state index >= 15 is 0 Å². The molecule has 3 N–H and O–H groups in total. The van der Waals surface area contributed by atoms with Crippen LogP contribution in [0, 0.1) is 12.3 Å². The van der Waals surface area contributed by atoms with Crippen LogP contribution in [0.25, 0.3) is 0 Å². The number of anilines is 1. The van der Waals surface area contributed by atoms with E-state index in [0.717, 1.165) is 11.4 Å². The average Bonchev–Trinajstić information content (AvgIpc) is 2.46. The van der Waals surface area contributed by atoms with Crippen molar-refractivity contribution in [3.63, 3.8) is 0 Å². The fraction of sp³-hybridized carbons (Fsp3) is 0.462. The monoisotopic (exact) mass is 291 g/mol. The molecule has 2 amide bonds. The first kappa shape index (κ1) is 16.4. The van der Waals surface area contributed by atoms with Crippen LogP contribution in [0.2, 0.25) is 0 Å². The molecular formula is C13H17N5O3. The van der Waals surface area contributed by atoms with Crippen molar-refractivity contribution >= 4 is 17.9 Å². The Morgan fingerprint density at radius 3 is 2.48 bits per heavy atom. The molecule has 0 aliphatic rings. The van der Waals surface area contributed by atoms with Crippen molar-refractivity contribution in [2.75, 3.05) is 5.32 Å². The molecule has 112 valence electrons. The second kappa shape index (κ2) is 7.79. The highest BCUT2D eigenvalue weighted by Crippen LogP contribution is 2.06. The zero-order chi connectivity index (χ0) is 15.8. The molecule has 21 heavy (non-hydrogen) atoms. The number of rotatable bonds is 6. The Balaban J connectivity index is 2.75. The minimum Gasteiger partial charge on any atom is -0.480 e. The summed E-state index contributed by atoms with van der Waals surface area (Å²) in [6.45, 7) is 3.85. The first-order chi connectivity index (χ1) is 10.0. The lowest BCUT2D eigenvalue weighted by atomic mass is 10.2. The molecule has 1 heterocycles. The number of carboxylic acids is 1. The quantitative estimate of drug-likeness (QED) is 0.660. The number of hydrogen-bond donors (Lipinski definition) is 3. The minimum absolute atomic E-state index is 0.0198. The number of hydrogen-bond acceptors (Lipinski definition) is 5. The van der Waals surface area contributed by atoms with Gasteiger partial charge in [0.2, 0.25) is 0 Å². The van der Waals surface area contributed by atoms with Crippen LogP contribution in [0.1, 0.15) is 31.7 Å². The van der Waals surface area contributed by atoms with Gasteiger partial charge in [-0.3, -0.25) is 5.32 Å². The Kier molecular flexibility index (Phi) is 6.07. The molecule has 8 nitrogen and oxygen atoms in total. The van der Waals surface area contributed by atoms with Gasteiger partial charge in [0.25, 0.3) is 5.95 Å². The van der Waals surface area contributed by atoms with E-state index in [0.29, 0.717) is 12.8 Å². The third kappa shape index (κ3) is 4.72. The number of urea groups is 1. The van der Waals surface area contributed by atoms with Gasteiger partial charge in [-0.05, 0) is 12.8 Å². The average molecular weight is 291 g/mol. The number of carboxylic acid groups (broad SMARTS) is 1. The molecule has 1 rings (SSSR count). The number of terminal acetylenes is 1. The van der Waals surface area contributed by atoms with Crippen molar-refractivity contribution in [2.24, 2.45) is 0 Å². The normalized spacial score (nSPS) is 11.3. The molecule has 1 unspecified atom stereocenters. The number of aliphatic carboxylic acids is 1. The summed E-state index contributed by atoms with van der Waals surface area (Å²) < 4.78 is 0. The summed E-state index contributed by atoms with van der Waals surface area (Å²) in [5, 5.41) is 21.2. The lowest BCUT2D eigenvalue weighted by Crippen LogP contribution is -2.43. The van der Waals surface area contributed by atoms with E-state index in [1.807, 2.05) is 13.8 Å². The van der Waals surface area contributed by atoms with Crippen LogP contribution in [0.4, 0.5) is 10.7 Å². The number of nitrogens with one attached hydrogen (secondary N) is 2. The summed E-state index contributed by atoms with van der Waals surface area (Å²) >= 11 is 0. The van der Waals surface area contributed by atoms with E-state index in [-0.39, 0.29) is 12.4 Å². The van der Waals surface area contributed by atoms with Gasteiger partial charge in [0.1, 0.15) is 6.04 Å². The third-order valence-corrected chi connectivity index (χ3v) is 2.66. The predicted molar refractivity (Wildman–Crippen MR) is 75.6 cm³/mol. The predicted octanol–water partition coefficient (Wildman–Crippen LogP) is 0.594. The van der Waals surface area contributed by atoms with Crippen molar-refractivity contribution in [1.29, 1.82) is 0 Å². The van der Waals surface area contributed by atoms with Crippen LogP contribution >= 0.6 is 0 Å². The van der Waals surface area contributed by atoms with E-state index in [4.69, 9.17) is 11.5 Å². The van der Waals surface area contributed by atoms with Gasteiger partial charge in [-0.2, -0.15) is 0 Å². The van der Waals surface area contributed by atoms with E-state index in [1.165, 1.54) is 0 Å². The summed E-state index contributed by atoms with van der Waals surface area (Å²) in [7, 11) is 0. The van der Waals surface area contributed by atoms with Crippen LogP contribution in [0.3, 0.4) is 0 Å². The smallest absolute Gasteiger partial charge is 0.327 e. The molecule has 8 heteroatoms. The molecule has 0 saturated heterocycles. The molecule has 0 aliphatic heterocycles. The molecule has 1 aromatic rings. The molecule has 0 saturated carbocycles. The number of carbonyl (C=O) groups is 2. The van der Waals surface area contributed by atoms with Gasteiger partial charge in [0, 0.05) is 6.42 Å². The number of carbonyl (C=O) groups excluding carboxylic acids is 1. The fourth-order valence-corrected chi connectivity index (χ4v) is 1.60. The van der Waals surface area contributed by atoms with Crippen LogP contribution in [0.15, 0.2) is 0 Å². The molecule has 1 atom stereocenters. The summed E-state index contributed by atoms with van der Waals surface area (Å²) in [6.07, 6.45) is 6.28. The van der Waals surface area contributed by atoms with Gasteiger partial charge in [-0.1, -0.05) is 13.8 Å². The minimum atomic E-state index is -1.21. The zero-order valence-electron chi connectivity index (χ0n) is 11.9. The van der Waals surface area contributed by atoms with E-state index < -0.39 is 18.0 Å². The Morgan fingerprint density at radius 2 is 1.95 bits per heavy atom. The van der Waals surface area contributed by atoms with Gasteiger partial charge in [0.15, 0.2) is 0 Å². The molecule has 0 aromatic carbocycles. The van der Waals surface area contributed by atoms with Gasteiger partial charge in [-0.25, -0.2) is 14.6 Å². The maximum absolute atomic E-state index is 11.7. The maximum Gasteiger partial charge on any atom is 0.327 e. The fourth-order valence-electron chi connectivity index (χ4n) is 1.60. The topological polar surface area (TPSA) is 117 Å². The Morgan fingerprint density at radius 1 is 1.29 bits per heavy atom. The largest absolute Gasteiger partial charge is 0.480 e. The summed E-state index contributed by atoms with van der Waals surface area (Å²) in [4.78, 5) is 26.7. The molecule has 0 fully saturated rings. The standard InChI is InChI=1S/C13H17N5O3/c1-4-7-10(11(19)20)15-13(21)16-12-14-8(5-2)9(6-3)17-18-12/h1,10H,5-7H2,2-3H3,(H,19,20)(H2,14,15,16,18,21). The van der Waals surface area contributed by atoms with Gasteiger partial charge in [-0.15, -0.1) is 22.5 Å². The van der Waals surface area contributed by atoms with E-state index in [2.05, 4.69) is 31.7 Å². The highest BCUT2D eigenvalue weighted by molar-refractivity contribution is 5.90. The molecule has 0 spiro atoms. The summed E-state index contributed by atoms with van der Waals surface area (Å²) in [5.41, 5.74) is 1.50. The lowest BCUT2D eigenvalue weighted by molar-refractivity contribution is -0.139. The number of amides is 2. The summed E-state index contributed by atoms with van der Waals surface area (Å²) in [5.74, 6) is 0.994. The van der Waals surface area contributed by atoms with Crippen LogP contribution in [0.5, 0.6) is 0 Å². The van der Waals surface area contributed by atoms with Gasteiger partial charge in [0.05, 0.1) is 11.4 Å². The third-order valence-electron chi connectivity index (χ3n) is 2.66. The molecule has 0 radical (unpaired) electrons. The molecule has 1 aromatic heterocycles. The van der Waals surface area contributed by atoms with Crippen LogP contribution < -0.4 is 10.6 Å². The zero-order valence-corrected chi connectivity index (χ0v) is 11.9. The van der Waals surface area contributed by atoms with Crippen molar-refractivity contribution < 1.29 is 14.7 Å². The lowest BCUT2D eigenvalue weighted by Gasteiger charge is -2.12. The number of aromatic nitrogens is 3. The molecular weight excluding hydrogens is 274 g/mol. The van der Waals surface area contributed by atoms with Crippen LogP contribution in [-0.2, 0) is 17.6 Å². The second-order valence-electron chi connectivity index (χ2n) is 4.13. The highest BCUT2D eigenvalue weighted by Gasteiger charge is 2.19. The van der Waals surface area contributed by atoms with Crippen LogP contribution in [-0.4, -0.2) is 38.3 Å². The SMILES string of the molecule is C#CCC(NC(=O)Nc1nnc(CC)c(CC)n1)C(=O)O. The number of aryl methyl sites for hydroxylation is 2.